The van der Waals surface area contributed by atoms with Crippen LogP contribution >= 0.6 is 0 Å². The van der Waals surface area contributed by atoms with Crippen LogP contribution < -0.4 is 10.6 Å². The summed E-state index contributed by atoms with van der Waals surface area (Å²) < 4.78 is 13.2. The Kier molecular flexibility index (Phi) is 4.59. The fourth-order valence-corrected chi connectivity index (χ4v) is 2.46. The molecule has 1 aromatic rings. The third-order valence-electron chi connectivity index (χ3n) is 3.66. The van der Waals surface area contributed by atoms with Crippen LogP contribution in [0.25, 0.3) is 0 Å². The Morgan fingerprint density at radius 1 is 1.44 bits per heavy atom. The normalized spacial score (nSPS) is 21.6. The molecule has 0 bridgehead atoms. The number of benzene rings is 1. The van der Waals surface area contributed by atoms with Gasteiger partial charge in [0.25, 0.3) is 0 Å². The van der Waals surface area contributed by atoms with Crippen LogP contribution in [0.2, 0.25) is 0 Å². The highest BCUT2D eigenvalue weighted by Gasteiger charge is 2.12. The minimum atomic E-state index is -0.891. The highest BCUT2D eigenvalue weighted by atomic mass is 19.1. The van der Waals surface area contributed by atoms with Crippen molar-refractivity contribution in [1.29, 1.82) is 0 Å². The number of piperidine rings is 1. The molecule has 18 heavy (non-hydrogen) atoms. The van der Waals surface area contributed by atoms with Crippen LogP contribution in [0.5, 0.6) is 0 Å². The van der Waals surface area contributed by atoms with Crippen molar-refractivity contribution in [2.75, 3.05) is 18.4 Å². The van der Waals surface area contributed by atoms with Crippen molar-refractivity contribution in [3.63, 3.8) is 0 Å². The van der Waals surface area contributed by atoms with E-state index in [0.717, 1.165) is 29.9 Å². The van der Waals surface area contributed by atoms with E-state index in [1.54, 1.807) is 6.92 Å². The molecule has 2 atom stereocenters. The summed E-state index contributed by atoms with van der Waals surface area (Å²) in [5, 5.41) is 6.98. The summed E-state index contributed by atoms with van der Waals surface area (Å²) in [4.78, 5) is 0. The van der Waals surface area contributed by atoms with E-state index in [9.17, 15) is 4.39 Å². The van der Waals surface area contributed by atoms with Gasteiger partial charge in [-0.3, -0.25) is 0 Å². The standard InChI is InChI=1S/C15H23FN2/c1-11-9-13(12(2)16)6-7-15(11)18-10-14-5-3-4-8-17-14/h6-7,9,12,14,17-18H,3-5,8,10H2,1-2H3. The fraction of sp³-hybridized carbons (Fsp3) is 0.600. The summed E-state index contributed by atoms with van der Waals surface area (Å²) in [5.74, 6) is 0. The fourth-order valence-electron chi connectivity index (χ4n) is 2.46. The Labute approximate surface area is 109 Å². The van der Waals surface area contributed by atoms with Gasteiger partial charge in [-0.05, 0) is 50.4 Å². The second-order valence-corrected chi connectivity index (χ2v) is 5.22. The number of hydrogen-bond donors (Lipinski definition) is 2. The molecule has 0 spiro atoms. The first-order valence-electron chi connectivity index (χ1n) is 6.88. The van der Waals surface area contributed by atoms with Gasteiger partial charge in [0.2, 0.25) is 0 Å². The lowest BCUT2D eigenvalue weighted by atomic mass is 10.0. The second-order valence-electron chi connectivity index (χ2n) is 5.22. The number of nitrogens with one attached hydrogen (secondary N) is 2. The molecule has 1 fully saturated rings. The molecule has 1 aromatic carbocycles. The average Bonchev–Trinajstić information content (AvgIpc) is 2.38. The molecular weight excluding hydrogens is 227 g/mol. The van der Waals surface area contributed by atoms with Gasteiger partial charge in [-0.15, -0.1) is 0 Å². The van der Waals surface area contributed by atoms with Crippen LogP contribution in [0, 0.1) is 6.92 Å². The van der Waals surface area contributed by atoms with Crippen molar-refractivity contribution in [3.05, 3.63) is 29.3 Å². The van der Waals surface area contributed by atoms with Gasteiger partial charge in [0.05, 0.1) is 0 Å². The Balaban J connectivity index is 1.92. The van der Waals surface area contributed by atoms with Crippen molar-refractivity contribution in [2.24, 2.45) is 0 Å². The van der Waals surface area contributed by atoms with E-state index < -0.39 is 6.17 Å². The molecule has 100 valence electrons. The van der Waals surface area contributed by atoms with Crippen LogP contribution in [0.15, 0.2) is 18.2 Å². The third kappa shape index (κ3) is 3.45. The predicted molar refractivity (Wildman–Crippen MR) is 74.8 cm³/mol. The zero-order chi connectivity index (χ0) is 13.0. The molecule has 0 saturated carbocycles. The zero-order valence-electron chi connectivity index (χ0n) is 11.3. The van der Waals surface area contributed by atoms with E-state index in [1.165, 1.54) is 19.3 Å². The highest BCUT2D eigenvalue weighted by molar-refractivity contribution is 5.52. The number of rotatable bonds is 4. The first kappa shape index (κ1) is 13.3. The third-order valence-corrected chi connectivity index (χ3v) is 3.66. The Hall–Kier alpha value is -1.09. The minimum absolute atomic E-state index is 0.568. The summed E-state index contributed by atoms with van der Waals surface area (Å²) >= 11 is 0. The molecule has 2 N–H and O–H groups in total. The van der Waals surface area contributed by atoms with Gasteiger partial charge >= 0.3 is 0 Å². The van der Waals surface area contributed by atoms with Crippen LogP contribution in [-0.2, 0) is 0 Å². The highest BCUT2D eigenvalue weighted by Crippen LogP contribution is 2.23. The van der Waals surface area contributed by atoms with Gasteiger partial charge in [0, 0.05) is 18.3 Å². The molecule has 2 rings (SSSR count). The first-order valence-corrected chi connectivity index (χ1v) is 6.88. The molecule has 1 heterocycles. The monoisotopic (exact) mass is 250 g/mol. The largest absolute Gasteiger partial charge is 0.383 e. The van der Waals surface area contributed by atoms with Gasteiger partial charge in [-0.2, -0.15) is 0 Å². The topological polar surface area (TPSA) is 24.1 Å². The average molecular weight is 250 g/mol. The smallest absolute Gasteiger partial charge is 0.122 e. The minimum Gasteiger partial charge on any atom is -0.383 e. The van der Waals surface area contributed by atoms with Gasteiger partial charge in [-0.1, -0.05) is 18.6 Å². The maximum Gasteiger partial charge on any atom is 0.122 e. The lowest BCUT2D eigenvalue weighted by Crippen LogP contribution is -2.39. The van der Waals surface area contributed by atoms with Gasteiger partial charge < -0.3 is 10.6 Å². The molecular formula is C15H23FN2. The molecule has 0 aromatic heterocycles. The molecule has 1 saturated heterocycles. The maximum absolute atomic E-state index is 13.2. The molecule has 0 radical (unpaired) electrons. The summed E-state index contributed by atoms with van der Waals surface area (Å²) in [6.07, 6.45) is 2.96. The first-order chi connectivity index (χ1) is 8.66. The van der Waals surface area contributed by atoms with Crippen LogP contribution in [0.3, 0.4) is 0 Å². The Morgan fingerprint density at radius 3 is 2.89 bits per heavy atom. The number of anilines is 1. The Morgan fingerprint density at radius 2 is 2.28 bits per heavy atom. The second kappa shape index (κ2) is 6.19. The summed E-state index contributed by atoms with van der Waals surface area (Å²) in [6, 6.07) is 6.36. The van der Waals surface area contributed by atoms with Crippen molar-refractivity contribution in [2.45, 2.75) is 45.3 Å². The van der Waals surface area contributed by atoms with Crippen molar-refractivity contribution in [1.82, 2.24) is 5.32 Å². The van der Waals surface area contributed by atoms with Crippen molar-refractivity contribution in [3.8, 4) is 0 Å². The molecule has 2 nitrogen and oxygen atoms in total. The maximum atomic E-state index is 13.2. The quantitative estimate of drug-likeness (QED) is 0.853. The molecule has 2 unspecified atom stereocenters. The molecule has 0 aliphatic carbocycles. The van der Waals surface area contributed by atoms with E-state index >= 15 is 0 Å². The molecule has 1 aliphatic rings. The Bertz CT molecular complexity index is 384. The van der Waals surface area contributed by atoms with E-state index in [1.807, 2.05) is 25.1 Å². The summed E-state index contributed by atoms with van der Waals surface area (Å²) in [5.41, 5.74) is 2.99. The van der Waals surface area contributed by atoms with Gasteiger partial charge in [0.1, 0.15) is 6.17 Å². The number of hydrogen-bond acceptors (Lipinski definition) is 2. The summed E-state index contributed by atoms with van der Waals surface area (Å²) in [6.45, 7) is 5.69. The number of aryl methyl sites for hydroxylation is 1. The van der Waals surface area contributed by atoms with E-state index in [-0.39, 0.29) is 0 Å². The van der Waals surface area contributed by atoms with Crippen LogP contribution in [0.1, 0.15) is 43.5 Å². The van der Waals surface area contributed by atoms with Crippen molar-refractivity contribution >= 4 is 5.69 Å². The zero-order valence-corrected chi connectivity index (χ0v) is 11.3. The molecule has 3 heteroatoms. The molecule has 1 aliphatic heterocycles. The predicted octanol–water partition coefficient (Wildman–Crippen LogP) is 3.58. The lowest BCUT2D eigenvalue weighted by molar-refractivity contribution is 0.374. The van der Waals surface area contributed by atoms with Crippen molar-refractivity contribution < 1.29 is 4.39 Å². The molecule has 0 amide bonds. The SMILES string of the molecule is Cc1cc(C(C)F)ccc1NCC1CCCCN1. The van der Waals surface area contributed by atoms with Crippen LogP contribution in [0.4, 0.5) is 10.1 Å². The summed E-state index contributed by atoms with van der Waals surface area (Å²) in [7, 11) is 0. The van der Waals surface area contributed by atoms with Gasteiger partial charge in [-0.25, -0.2) is 4.39 Å². The van der Waals surface area contributed by atoms with Crippen LogP contribution in [-0.4, -0.2) is 19.1 Å². The van der Waals surface area contributed by atoms with Gasteiger partial charge in [0.15, 0.2) is 0 Å². The number of alkyl halides is 1. The van der Waals surface area contributed by atoms with E-state index in [2.05, 4.69) is 10.6 Å². The van der Waals surface area contributed by atoms with E-state index in [0.29, 0.717) is 6.04 Å². The number of halogens is 1. The lowest BCUT2D eigenvalue weighted by Gasteiger charge is -2.24. The van der Waals surface area contributed by atoms with E-state index in [4.69, 9.17) is 0 Å².